The number of carbonyl (C=O) groups is 2. The molecule has 4 aromatic rings. The second-order valence-corrected chi connectivity index (χ2v) is 7.51. The summed E-state index contributed by atoms with van der Waals surface area (Å²) < 4.78 is 13.1. The SMILES string of the molecule is O=C(N[C@H](Cc1c[nH]c2ccccc12)C(=O)Nc1ccc(F)cc1)c1cccs1. The van der Waals surface area contributed by atoms with Crippen LogP contribution in [0.15, 0.2) is 72.2 Å². The molecule has 0 aliphatic carbocycles. The molecule has 0 aliphatic rings. The second kappa shape index (κ2) is 8.28. The Morgan fingerprint density at radius 2 is 1.83 bits per heavy atom. The van der Waals surface area contributed by atoms with Crippen LogP contribution in [0.5, 0.6) is 0 Å². The number of aromatic nitrogens is 1. The molecule has 0 saturated carbocycles. The van der Waals surface area contributed by atoms with Gasteiger partial charge in [0.25, 0.3) is 5.91 Å². The molecule has 7 heteroatoms. The molecule has 0 saturated heterocycles. The molecule has 0 bridgehead atoms. The molecule has 0 aliphatic heterocycles. The van der Waals surface area contributed by atoms with Gasteiger partial charge in [-0.15, -0.1) is 11.3 Å². The first-order valence-electron chi connectivity index (χ1n) is 9.06. The molecule has 3 N–H and O–H groups in total. The van der Waals surface area contributed by atoms with Crippen molar-refractivity contribution in [2.24, 2.45) is 0 Å². The Hall–Kier alpha value is -3.45. The van der Waals surface area contributed by atoms with Crippen LogP contribution >= 0.6 is 11.3 Å². The number of rotatable bonds is 6. The van der Waals surface area contributed by atoms with Gasteiger partial charge in [-0.3, -0.25) is 9.59 Å². The van der Waals surface area contributed by atoms with Crippen molar-refractivity contribution in [3.8, 4) is 0 Å². The van der Waals surface area contributed by atoms with Gasteiger partial charge in [0.05, 0.1) is 4.88 Å². The predicted octanol–water partition coefficient (Wildman–Crippen LogP) is 4.35. The first-order chi connectivity index (χ1) is 14.1. The van der Waals surface area contributed by atoms with Crippen LogP contribution in [-0.4, -0.2) is 22.8 Å². The Labute approximate surface area is 170 Å². The van der Waals surface area contributed by atoms with Gasteiger partial charge in [0.15, 0.2) is 0 Å². The summed E-state index contributed by atoms with van der Waals surface area (Å²) in [7, 11) is 0. The molecule has 1 atom stereocenters. The van der Waals surface area contributed by atoms with Gasteiger partial charge in [0.1, 0.15) is 11.9 Å². The maximum Gasteiger partial charge on any atom is 0.262 e. The zero-order chi connectivity index (χ0) is 20.2. The summed E-state index contributed by atoms with van der Waals surface area (Å²) in [6.45, 7) is 0. The number of halogens is 1. The summed E-state index contributed by atoms with van der Waals surface area (Å²) in [6.07, 6.45) is 2.16. The Morgan fingerprint density at radius 3 is 2.59 bits per heavy atom. The molecule has 0 radical (unpaired) electrons. The highest BCUT2D eigenvalue weighted by Crippen LogP contribution is 2.20. The van der Waals surface area contributed by atoms with Gasteiger partial charge in [-0.2, -0.15) is 0 Å². The maximum atomic E-state index is 13.1. The van der Waals surface area contributed by atoms with Gasteiger partial charge in [-0.25, -0.2) is 4.39 Å². The zero-order valence-electron chi connectivity index (χ0n) is 15.3. The molecule has 146 valence electrons. The number of hydrogen-bond acceptors (Lipinski definition) is 3. The number of para-hydroxylation sites is 1. The normalized spacial score (nSPS) is 11.9. The van der Waals surface area contributed by atoms with Gasteiger partial charge in [-0.1, -0.05) is 24.3 Å². The second-order valence-electron chi connectivity index (χ2n) is 6.56. The van der Waals surface area contributed by atoms with Crippen molar-refractivity contribution >= 4 is 39.7 Å². The maximum absolute atomic E-state index is 13.1. The monoisotopic (exact) mass is 407 g/mol. The van der Waals surface area contributed by atoms with E-state index in [1.165, 1.54) is 35.6 Å². The predicted molar refractivity (Wildman–Crippen MR) is 113 cm³/mol. The van der Waals surface area contributed by atoms with E-state index in [1.54, 1.807) is 12.1 Å². The number of hydrogen-bond donors (Lipinski definition) is 3. The summed E-state index contributed by atoms with van der Waals surface area (Å²) in [4.78, 5) is 29.2. The first-order valence-corrected chi connectivity index (χ1v) is 9.94. The van der Waals surface area contributed by atoms with E-state index >= 15 is 0 Å². The van der Waals surface area contributed by atoms with Crippen molar-refractivity contribution < 1.29 is 14.0 Å². The largest absolute Gasteiger partial charge is 0.361 e. The van der Waals surface area contributed by atoms with Crippen molar-refractivity contribution in [1.82, 2.24) is 10.3 Å². The number of anilines is 1. The summed E-state index contributed by atoms with van der Waals surface area (Å²) in [5, 5.41) is 8.38. The van der Waals surface area contributed by atoms with Crippen molar-refractivity contribution in [1.29, 1.82) is 0 Å². The summed E-state index contributed by atoms with van der Waals surface area (Å²) >= 11 is 1.31. The standard InChI is InChI=1S/C22H18FN3O2S/c23-15-7-9-16(10-8-15)25-21(27)19(26-22(28)20-6-3-11-29-20)12-14-13-24-18-5-2-1-4-17(14)18/h1-11,13,19,24H,12H2,(H,25,27)(H,26,28)/t19-/m1/s1. The average molecular weight is 407 g/mol. The number of aromatic amines is 1. The van der Waals surface area contributed by atoms with E-state index < -0.39 is 6.04 Å². The lowest BCUT2D eigenvalue weighted by atomic mass is 10.0. The van der Waals surface area contributed by atoms with E-state index in [0.717, 1.165) is 16.5 Å². The summed E-state index contributed by atoms with van der Waals surface area (Å²) in [5.74, 6) is -1.06. The van der Waals surface area contributed by atoms with Crippen LogP contribution in [0.2, 0.25) is 0 Å². The number of H-pyrrole nitrogens is 1. The lowest BCUT2D eigenvalue weighted by molar-refractivity contribution is -0.118. The highest BCUT2D eigenvalue weighted by molar-refractivity contribution is 7.12. The minimum absolute atomic E-state index is 0.306. The lowest BCUT2D eigenvalue weighted by Gasteiger charge is -2.18. The number of nitrogens with one attached hydrogen (secondary N) is 3. The number of benzene rings is 2. The quantitative estimate of drug-likeness (QED) is 0.445. The van der Waals surface area contributed by atoms with Gasteiger partial charge >= 0.3 is 0 Å². The van der Waals surface area contributed by atoms with E-state index in [1.807, 2.05) is 35.8 Å². The Bertz CT molecular complexity index is 1140. The minimum atomic E-state index is -0.797. The Kier molecular flexibility index (Phi) is 5.39. The molecule has 5 nitrogen and oxygen atoms in total. The van der Waals surface area contributed by atoms with E-state index in [-0.39, 0.29) is 17.6 Å². The fraction of sp³-hybridized carbons (Fsp3) is 0.0909. The van der Waals surface area contributed by atoms with Crippen molar-refractivity contribution in [3.05, 3.63) is 88.5 Å². The summed E-state index contributed by atoms with van der Waals surface area (Å²) in [5.41, 5.74) is 2.35. The topological polar surface area (TPSA) is 74.0 Å². The van der Waals surface area contributed by atoms with Crippen molar-refractivity contribution in [2.45, 2.75) is 12.5 Å². The number of carbonyl (C=O) groups excluding carboxylic acids is 2. The van der Waals surface area contributed by atoms with Crippen molar-refractivity contribution in [3.63, 3.8) is 0 Å². The van der Waals surface area contributed by atoms with E-state index in [4.69, 9.17) is 0 Å². The fourth-order valence-electron chi connectivity index (χ4n) is 3.13. The molecule has 0 unspecified atom stereocenters. The zero-order valence-corrected chi connectivity index (χ0v) is 16.1. The molecular formula is C22H18FN3O2S. The highest BCUT2D eigenvalue weighted by Gasteiger charge is 2.23. The van der Waals surface area contributed by atoms with Crippen molar-refractivity contribution in [2.75, 3.05) is 5.32 Å². The van der Waals surface area contributed by atoms with Crippen LogP contribution in [0.1, 0.15) is 15.2 Å². The van der Waals surface area contributed by atoms with Crippen LogP contribution in [0.3, 0.4) is 0 Å². The molecule has 0 spiro atoms. The number of fused-ring (bicyclic) bond motifs is 1. The van der Waals surface area contributed by atoms with Crippen LogP contribution in [0, 0.1) is 5.82 Å². The molecule has 4 rings (SSSR count). The Balaban J connectivity index is 1.58. The van der Waals surface area contributed by atoms with Crippen LogP contribution in [0.4, 0.5) is 10.1 Å². The third-order valence-corrected chi connectivity index (χ3v) is 5.45. The molecule has 2 amide bonds. The number of thiophene rings is 1. The van der Waals surface area contributed by atoms with Gasteiger partial charge in [0, 0.05) is 29.2 Å². The van der Waals surface area contributed by atoms with E-state index in [2.05, 4.69) is 15.6 Å². The molecule has 29 heavy (non-hydrogen) atoms. The highest BCUT2D eigenvalue weighted by atomic mass is 32.1. The Morgan fingerprint density at radius 1 is 1.03 bits per heavy atom. The minimum Gasteiger partial charge on any atom is -0.361 e. The fourth-order valence-corrected chi connectivity index (χ4v) is 3.76. The van der Waals surface area contributed by atoms with E-state index in [0.29, 0.717) is 17.0 Å². The first kappa shape index (κ1) is 18.9. The van der Waals surface area contributed by atoms with Crippen LogP contribution in [-0.2, 0) is 11.2 Å². The third kappa shape index (κ3) is 4.35. The molecule has 2 aromatic heterocycles. The summed E-state index contributed by atoms with van der Waals surface area (Å²) in [6, 6.07) is 16.0. The average Bonchev–Trinajstić information content (AvgIpc) is 3.40. The lowest BCUT2D eigenvalue weighted by Crippen LogP contribution is -2.45. The van der Waals surface area contributed by atoms with Gasteiger partial charge in [0.2, 0.25) is 5.91 Å². The molecular weight excluding hydrogens is 389 g/mol. The molecule has 2 aromatic carbocycles. The number of amides is 2. The van der Waals surface area contributed by atoms with E-state index in [9.17, 15) is 14.0 Å². The molecule has 0 fully saturated rings. The van der Waals surface area contributed by atoms with Crippen LogP contribution in [0.25, 0.3) is 10.9 Å². The smallest absolute Gasteiger partial charge is 0.262 e. The van der Waals surface area contributed by atoms with Gasteiger partial charge < -0.3 is 15.6 Å². The molecule has 2 heterocycles. The third-order valence-electron chi connectivity index (χ3n) is 4.58. The van der Waals surface area contributed by atoms with Gasteiger partial charge in [-0.05, 0) is 47.3 Å². The van der Waals surface area contributed by atoms with Crippen LogP contribution < -0.4 is 10.6 Å².